The lowest BCUT2D eigenvalue weighted by Crippen LogP contribution is -2.21. The Morgan fingerprint density at radius 2 is 1.74 bits per heavy atom. The Kier molecular flexibility index (Phi) is 6.57. The summed E-state index contributed by atoms with van der Waals surface area (Å²) in [5, 5.41) is 5.60. The molecule has 1 aromatic heterocycles. The first-order valence-electron chi connectivity index (χ1n) is 8.41. The van der Waals surface area contributed by atoms with Crippen molar-refractivity contribution in [2.45, 2.75) is 13.8 Å². The number of nitrogens with one attached hydrogen (secondary N) is 2. The van der Waals surface area contributed by atoms with E-state index in [2.05, 4.69) is 10.6 Å². The van der Waals surface area contributed by atoms with Crippen LogP contribution in [0.25, 0.3) is 0 Å². The molecule has 0 bridgehead atoms. The summed E-state index contributed by atoms with van der Waals surface area (Å²) >= 11 is 1.03. The van der Waals surface area contributed by atoms with Gasteiger partial charge in [-0.05, 0) is 43.7 Å². The molecular weight excluding hydrogens is 366 g/mol. The molecule has 1 aromatic carbocycles. The fourth-order valence-corrected chi connectivity index (χ4v) is 3.57. The normalized spacial score (nSPS) is 10.3. The molecule has 2 N–H and O–H groups in total. The van der Waals surface area contributed by atoms with Crippen LogP contribution in [0.3, 0.4) is 0 Å². The number of nitrogens with zero attached hydrogens (tertiary/aromatic N) is 1. The lowest BCUT2D eigenvalue weighted by Gasteiger charge is -2.12. The van der Waals surface area contributed by atoms with Gasteiger partial charge in [0.2, 0.25) is 0 Å². The van der Waals surface area contributed by atoms with Crippen LogP contribution < -0.4 is 15.5 Å². The van der Waals surface area contributed by atoms with E-state index >= 15 is 0 Å². The van der Waals surface area contributed by atoms with Gasteiger partial charge in [-0.25, -0.2) is 4.79 Å². The van der Waals surface area contributed by atoms with Crippen LogP contribution in [0.1, 0.15) is 42.9 Å². The molecular formula is C19H23N3O4S. The van der Waals surface area contributed by atoms with E-state index < -0.39 is 5.97 Å². The molecule has 0 aliphatic heterocycles. The molecule has 0 spiro atoms. The quantitative estimate of drug-likeness (QED) is 0.742. The lowest BCUT2D eigenvalue weighted by molar-refractivity contribution is 0.0531. The first-order valence-corrected chi connectivity index (χ1v) is 9.23. The van der Waals surface area contributed by atoms with Gasteiger partial charge in [0, 0.05) is 32.4 Å². The number of carbonyl (C=O) groups is 3. The van der Waals surface area contributed by atoms with Gasteiger partial charge in [-0.1, -0.05) is 0 Å². The van der Waals surface area contributed by atoms with Crippen LogP contribution in [0.5, 0.6) is 0 Å². The first kappa shape index (κ1) is 20.4. The summed E-state index contributed by atoms with van der Waals surface area (Å²) in [5.41, 5.74) is 2.17. The summed E-state index contributed by atoms with van der Waals surface area (Å²) in [6, 6.07) is 7.07. The highest BCUT2D eigenvalue weighted by Gasteiger charge is 2.26. The third-order valence-corrected chi connectivity index (χ3v) is 5.12. The molecule has 0 unspecified atom stereocenters. The summed E-state index contributed by atoms with van der Waals surface area (Å²) in [6.45, 7) is 3.60. The number of rotatable bonds is 6. The van der Waals surface area contributed by atoms with Gasteiger partial charge in [-0.15, -0.1) is 11.3 Å². The number of carbonyl (C=O) groups excluding carboxylic acids is 3. The number of hydrogen-bond acceptors (Lipinski definition) is 6. The zero-order valence-corrected chi connectivity index (χ0v) is 16.8. The van der Waals surface area contributed by atoms with Gasteiger partial charge < -0.3 is 20.3 Å². The van der Waals surface area contributed by atoms with E-state index in [9.17, 15) is 14.4 Å². The smallest absolute Gasteiger partial charge is 0.348 e. The molecule has 8 heteroatoms. The molecule has 0 atom stereocenters. The maximum atomic E-state index is 12.6. The highest BCUT2D eigenvalue weighted by Crippen LogP contribution is 2.34. The van der Waals surface area contributed by atoms with Gasteiger partial charge >= 0.3 is 5.97 Å². The van der Waals surface area contributed by atoms with Gasteiger partial charge in [0.15, 0.2) is 0 Å². The van der Waals surface area contributed by atoms with Crippen molar-refractivity contribution in [2.24, 2.45) is 0 Å². The molecule has 2 rings (SSSR count). The molecule has 0 radical (unpaired) electrons. The van der Waals surface area contributed by atoms with Crippen LogP contribution in [-0.4, -0.2) is 45.5 Å². The molecule has 0 saturated heterocycles. The van der Waals surface area contributed by atoms with Crippen molar-refractivity contribution in [1.29, 1.82) is 0 Å². The molecule has 1 heterocycles. The second kappa shape index (κ2) is 8.68. The van der Waals surface area contributed by atoms with Crippen molar-refractivity contribution in [3.63, 3.8) is 0 Å². The summed E-state index contributed by atoms with van der Waals surface area (Å²) in [7, 11) is 5.32. The van der Waals surface area contributed by atoms with Crippen LogP contribution >= 0.6 is 11.3 Å². The van der Waals surface area contributed by atoms with Gasteiger partial charge in [0.1, 0.15) is 9.88 Å². The van der Waals surface area contributed by atoms with Crippen LogP contribution in [0.15, 0.2) is 24.3 Å². The molecule has 2 amide bonds. The van der Waals surface area contributed by atoms with Gasteiger partial charge in [0.05, 0.1) is 12.2 Å². The minimum atomic E-state index is -0.513. The fourth-order valence-electron chi connectivity index (χ4n) is 2.48. The predicted octanol–water partition coefficient (Wildman–Crippen LogP) is 2.91. The highest BCUT2D eigenvalue weighted by molar-refractivity contribution is 7.18. The Hall–Kier alpha value is -2.87. The average Bonchev–Trinajstić information content (AvgIpc) is 2.97. The number of ether oxygens (including phenoxy) is 1. The number of anilines is 2. The maximum absolute atomic E-state index is 12.6. The molecule has 0 aliphatic carbocycles. The molecule has 0 saturated carbocycles. The fraction of sp³-hybridized carbons (Fsp3) is 0.316. The first-order chi connectivity index (χ1) is 12.8. The number of amides is 2. The van der Waals surface area contributed by atoms with Crippen LogP contribution in [-0.2, 0) is 4.74 Å². The number of thiophene rings is 1. The summed E-state index contributed by atoms with van der Waals surface area (Å²) in [4.78, 5) is 39.2. The van der Waals surface area contributed by atoms with E-state index in [1.54, 1.807) is 26.0 Å². The number of benzene rings is 1. The number of esters is 1. The van der Waals surface area contributed by atoms with Crippen molar-refractivity contribution in [3.8, 4) is 0 Å². The lowest BCUT2D eigenvalue weighted by atomic mass is 10.1. The monoisotopic (exact) mass is 389 g/mol. The minimum Gasteiger partial charge on any atom is -0.462 e. The largest absolute Gasteiger partial charge is 0.462 e. The molecule has 0 aliphatic rings. The maximum Gasteiger partial charge on any atom is 0.348 e. The topological polar surface area (TPSA) is 87.7 Å². The molecule has 7 nitrogen and oxygen atoms in total. The molecule has 0 fully saturated rings. The molecule has 27 heavy (non-hydrogen) atoms. The van der Waals surface area contributed by atoms with E-state index in [1.165, 1.54) is 7.05 Å². The second-order valence-electron chi connectivity index (χ2n) is 5.96. The Morgan fingerprint density at radius 3 is 2.26 bits per heavy atom. The second-order valence-corrected chi connectivity index (χ2v) is 6.98. The van der Waals surface area contributed by atoms with Gasteiger partial charge in [-0.3, -0.25) is 9.59 Å². The highest BCUT2D eigenvalue weighted by atomic mass is 32.1. The number of hydrogen-bond donors (Lipinski definition) is 2. The van der Waals surface area contributed by atoms with E-state index in [1.807, 2.05) is 31.1 Å². The van der Waals surface area contributed by atoms with Gasteiger partial charge in [0.25, 0.3) is 11.8 Å². The Balaban J connectivity index is 2.36. The molecule has 2 aromatic rings. The van der Waals surface area contributed by atoms with E-state index in [0.717, 1.165) is 17.0 Å². The third kappa shape index (κ3) is 4.46. The summed E-state index contributed by atoms with van der Waals surface area (Å²) in [5.74, 6) is -1.25. The Labute approximate surface area is 162 Å². The van der Waals surface area contributed by atoms with Crippen LogP contribution in [0, 0.1) is 6.92 Å². The predicted molar refractivity (Wildman–Crippen MR) is 107 cm³/mol. The minimum absolute atomic E-state index is 0.228. The van der Waals surface area contributed by atoms with Crippen molar-refractivity contribution in [2.75, 3.05) is 38.0 Å². The zero-order chi connectivity index (χ0) is 20.1. The average molecular weight is 389 g/mol. The van der Waals surface area contributed by atoms with Crippen molar-refractivity contribution < 1.29 is 19.1 Å². The van der Waals surface area contributed by atoms with Crippen molar-refractivity contribution in [1.82, 2.24) is 5.32 Å². The van der Waals surface area contributed by atoms with Crippen LogP contribution in [0.2, 0.25) is 0 Å². The standard InChI is InChI=1S/C19H23N3O4S/c1-6-26-19(25)15-11(2)14(17(24)20-3)18(27-15)21-16(23)12-7-9-13(10-8-12)22(4)5/h7-10H,6H2,1-5H3,(H,20,24)(H,21,23). The van der Waals surface area contributed by atoms with Gasteiger partial charge in [-0.2, -0.15) is 0 Å². The summed E-state index contributed by atoms with van der Waals surface area (Å²) in [6.07, 6.45) is 0. The molecule has 144 valence electrons. The van der Waals surface area contributed by atoms with Crippen LogP contribution in [0.4, 0.5) is 10.7 Å². The van der Waals surface area contributed by atoms with E-state index in [-0.39, 0.29) is 24.0 Å². The van der Waals surface area contributed by atoms with E-state index in [0.29, 0.717) is 21.0 Å². The third-order valence-electron chi connectivity index (χ3n) is 3.93. The van der Waals surface area contributed by atoms with Crippen molar-refractivity contribution in [3.05, 3.63) is 45.8 Å². The summed E-state index contributed by atoms with van der Waals surface area (Å²) < 4.78 is 5.04. The Morgan fingerprint density at radius 1 is 1.11 bits per heavy atom. The zero-order valence-electron chi connectivity index (χ0n) is 16.0. The van der Waals surface area contributed by atoms with Crippen molar-refractivity contribution >= 4 is 39.8 Å². The Bertz CT molecular complexity index is 857. The SMILES string of the molecule is CCOC(=O)c1sc(NC(=O)c2ccc(N(C)C)cc2)c(C(=O)NC)c1C. The van der Waals surface area contributed by atoms with E-state index in [4.69, 9.17) is 4.74 Å².